The molecule has 140 valence electrons. The normalized spacial score (nSPS) is 12.3. The molecule has 0 radical (unpaired) electrons. The number of halogens is 1. The van der Waals surface area contributed by atoms with E-state index < -0.39 is 23.9 Å². The van der Waals surface area contributed by atoms with E-state index in [0.717, 1.165) is 0 Å². The van der Waals surface area contributed by atoms with Crippen molar-refractivity contribution in [2.75, 3.05) is 6.61 Å². The van der Waals surface area contributed by atoms with Gasteiger partial charge < -0.3 is 15.6 Å². The first-order valence-electron chi connectivity index (χ1n) is 8.26. The van der Waals surface area contributed by atoms with Crippen LogP contribution in [0.1, 0.15) is 29.1 Å². The lowest BCUT2D eigenvalue weighted by atomic mass is 10.0. The zero-order valence-corrected chi connectivity index (χ0v) is 14.8. The number of hydrogen-bond donors (Lipinski definition) is 2. The molecule has 3 rings (SSSR count). The Labute approximate surface area is 154 Å². The number of nitrogens with two attached hydrogens (primary N) is 1. The molecule has 0 fully saturated rings. The second kappa shape index (κ2) is 7.16. The molecular formula is C19H18FN3O4. The number of fused-ring (bicyclic) bond motifs is 1. The predicted molar refractivity (Wildman–Crippen MR) is 96.7 cm³/mol. The van der Waals surface area contributed by atoms with Gasteiger partial charge in [-0.3, -0.25) is 4.79 Å². The van der Waals surface area contributed by atoms with Crippen molar-refractivity contribution >= 4 is 22.8 Å². The van der Waals surface area contributed by atoms with Crippen molar-refractivity contribution in [1.29, 1.82) is 0 Å². The van der Waals surface area contributed by atoms with Crippen LogP contribution in [0, 0.1) is 12.7 Å². The number of benzene rings is 2. The van der Waals surface area contributed by atoms with Crippen molar-refractivity contribution in [2.24, 2.45) is 5.73 Å². The number of rotatable bonds is 6. The molecule has 0 saturated carbocycles. The Morgan fingerprint density at radius 1 is 1.33 bits per heavy atom. The van der Waals surface area contributed by atoms with Gasteiger partial charge >= 0.3 is 5.97 Å². The van der Waals surface area contributed by atoms with E-state index >= 15 is 0 Å². The maximum absolute atomic E-state index is 13.7. The van der Waals surface area contributed by atoms with Crippen LogP contribution in [-0.4, -0.2) is 33.4 Å². The highest BCUT2D eigenvalue weighted by Gasteiger charge is 2.25. The average molecular weight is 371 g/mol. The predicted octanol–water partition coefficient (Wildman–Crippen LogP) is 2.87. The molecule has 0 saturated heterocycles. The number of carbonyl (C=O) groups excluding carboxylic acids is 1. The highest BCUT2D eigenvalue weighted by Crippen LogP contribution is 2.32. The van der Waals surface area contributed by atoms with Crippen molar-refractivity contribution in [1.82, 2.24) is 9.78 Å². The molecule has 2 aromatic carbocycles. The molecule has 1 aromatic heterocycles. The van der Waals surface area contributed by atoms with Crippen LogP contribution in [0.15, 0.2) is 36.4 Å². The first-order valence-corrected chi connectivity index (χ1v) is 8.26. The van der Waals surface area contributed by atoms with Gasteiger partial charge in [-0.25, -0.2) is 13.9 Å². The summed E-state index contributed by atoms with van der Waals surface area (Å²) >= 11 is 0. The van der Waals surface area contributed by atoms with Crippen LogP contribution < -0.4 is 5.73 Å². The number of carboxylic acids is 1. The summed E-state index contributed by atoms with van der Waals surface area (Å²) in [6.45, 7) is 3.57. The van der Waals surface area contributed by atoms with Crippen molar-refractivity contribution in [3.63, 3.8) is 0 Å². The van der Waals surface area contributed by atoms with Gasteiger partial charge in [-0.1, -0.05) is 12.1 Å². The van der Waals surface area contributed by atoms with Gasteiger partial charge in [0.1, 0.15) is 11.5 Å². The average Bonchev–Trinajstić information content (AvgIpc) is 2.96. The minimum absolute atomic E-state index is 0.0896. The van der Waals surface area contributed by atoms with Crippen molar-refractivity contribution < 1.29 is 23.8 Å². The van der Waals surface area contributed by atoms with E-state index in [9.17, 15) is 19.1 Å². The molecule has 3 aromatic rings. The van der Waals surface area contributed by atoms with Crippen molar-refractivity contribution in [2.45, 2.75) is 20.1 Å². The molecule has 7 nitrogen and oxygen atoms in total. The number of amides is 1. The molecule has 27 heavy (non-hydrogen) atoms. The maximum Gasteiger partial charge on any atom is 0.335 e. The fourth-order valence-corrected chi connectivity index (χ4v) is 2.98. The third kappa shape index (κ3) is 3.39. The number of aromatic nitrogens is 2. The monoisotopic (exact) mass is 371 g/mol. The molecule has 0 spiro atoms. The number of carboxylic acid groups (broad SMARTS) is 1. The summed E-state index contributed by atoms with van der Waals surface area (Å²) < 4.78 is 20.4. The van der Waals surface area contributed by atoms with Gasteiger partial charge in [0, 0.05) is 17.6 Å². The van der Waals surface area contributed by atoms with Gasteiger partial charge in [0.25, 0.3) is 5.91 Å². The molecule has 8 heteroatoms. The van der Waals surface area contributed by atoms with Crippen LogP contribution in [0.5, 0.6) is 0 Å². The van der Waals surface area contributed by atoms with E-state index in [4.69, 9.17) is 10.5 Å². The topological polar surface area (TPSA) is 107 Å². The van der Waals surface area contributed by atoms with Gasteiger partial charge in [-0.05, 0) is 43.7 Å². The molecule has 1 amide bonds. The molecule has 0 aliphatic rings. The first kappa shape index (κ1) is 18.5. The second-order valence-electron chi connectivity index (χ2n) is 6.00. The molecule has 0 bridgehead atoms. The van der Waals surface area contributed by atoms with Gasteiger partial charge in [-0.15, -0.1) is 0 Å². The van der Waals surface area contributed by atoms with Crippen LogP contribution >= 0.6 is 0 Å². The van der Waals surface area contributed by atoms with Crippen LogP contribution in [0.4, 0.5) is 4.39 Å². The summed E-state index contributed by atoms with van der Waals surface area (Å²) in [5.41, 5.74) is 7.27. The van der Waals surface area contributed by atoms with E-state index in [1.807, 2.05) is 0 Å². The summed E-state index contributed by atoms with van der Waals surface area (Å²) in [5, 5.41) is 14.3. The third-order valence-electron chi connectivity index (χ3n) is 4.17. The van der Waals surface area contributed by atoms with Gasteiger partial charge in [0.05, 0.1) is 11.1 Å². The zero-order valence-electron chi connectivity index (χ0n) is 14.8. The quantitative estimate of drug-likeness (QED) is 0.693. The molecular weight excluding hydrogens is 353 g/mol. The van der Waals surface area contributed by atoms with Crippen LogP contribution in [0.3, 0.4) is 0 Å². The Kier molecular flexibility index (Phi) is 4.91. The van der Waals surface area contributed by atoms with Crippen LogP contribution in [0.2, 0.25) is 0 Å². The van der Waals surface area contributed by atoms with E-state index in [-0.39, 0.29) is 12.2 Å². The highest BCUT2D eigenvalue weighted by molar-refractivity contribution is 6.01. The number of ether oxygens (including phenoxy) is 1. The number of primary amides is 1. The van der Waals surface area contributed by atoms with Gasteiger partial charge in [0.15, 0.2) is 0 Å². The number of aryl methyl sites for hydroxylation is 1. The van der Waals surface area contributed by atoms with Crippen molar-refractivity contribution in [3.05, 3.63) is 53.3 Å². The third-order valence-corrected chi connectivity index (χ3v) is 4.17. The van der Waals surface area contributed by atoms with Crippen LogP contribution in [-0.2, 0) is 9.53 Å². The summed E-state index contributed by atoms with van der Waals surface area (Å²) in [6, 6.07) is 8.81. The maximum atomic E-state index is 13.7. The minimum Gasteiger partial charge on any atom is -0.478 e. The zero-order chi connectivity index (χ0) is 19.7. The largest absolute Gasteiger partial charge is 0.478 e. The molecule has 0 aliphatic carbocycles. The Bertz CT molecular complexity index is 1040. The fraction of sp³-hybridized carbons (Fsp3) is 0.211. The SMILES string of the molecule is CCOC(C(N)=O)n1nc(-c2cccc(F)c2)c2cc(C(=O)O)c(C)cc21. The molecule has 1 unspecified atom stereocenters. The minimum atomic E-state index is -1.17. The molecule has 1 heterocycles. The van der Waals surface area contributed by atoms with Crippen molar-refractivity contribution in [3.8, 4) is 11.3 Å². The lowest BCUT2D eigenvalue weighted by Gasteiger charge is -2.15. The lowest BCUT2D eigenvalue weighted by Crippen LogP contribution is -2.29. The Balaban J connectivity index is 2.35. The fourth-order valence-electron chi connectivity index (χ4n) is 2.98. The highest BCUT2D eigenvalue weighted by atomic mass is 19.1. The molecule has 0 aliphatic heterocycles. The number of nitrogens with zero attached hydrogens (tertiary/aromatic N) is 2. The van der Waals surface area contributed by atoms with Crippen LogP contribution in [0.25, 0.3) is 22.2 Å². The number of hydrogen-bond acceptors (Lipinski definition) is 4. The van der Waals surface area contributed by atoms with E-state index in [0.29, 0.717) is 27.7 Å². The first-order chi connectivity index (χ1) is 12.8. The van der Waals surface area contributed by atoms with E-state index in [1.165, 1.54) is 28.9 Å². The molecule has 1 atom stereocenters. The smallest absolute Gasteiger partial charge is 0.335 e. The number of aromatic carboxylic acids is 1. The summed E-state index contributed by atoms with van der Waals surface area (Å²) in [7, 11) is 0. The lowest BCUT2D eigenvalue weighted by molar-refractivity contribution is -0.135. The Hall–Kier alpha value is -3.26. The summed E-state index contributed by atoms with van der Waals surface area (Å²) in [4.78, 5) is 23.4. The van der Waals surface area contributed by atoms with E-state index in [2.05, 4.69) is 5.10 Å². The Morgan fingerprint density at radius 2 is 2.07 bits per heavy atom. The molecule has 3 N–H and O–H groups in total. The summed E-state index contributed by atoms with van der Waals surface area (Å²) in [6.07, 6.45) is -1.17. The Morgan fingerprint density at radius 3 is 2.67 bits per heavy atom. The second-order valence-corrected chi connectivity index (χ2v) is 6.00. The van der Waals surface area contributed by atoms with Gasteiger partial charge in [-0.2, -0.15) is 5.10 Å². The van der Waals surface area contributed by atoms with Gasteiger partial charge in [0.2, 0.25) is 6.23 Å². The standard InChI is InChI=1S/C19H18FN3O4/c1-3-27-18(17(21)24)23-15-7-10(2)13(19(25)26)9-14(15)16(22-23)11-5-4-6-12(20)8-11/h4-9,18H,3H2,1-2H3,(H2,21,24)(H,25,26). The number of carbonyl (C=O) groups is 2. The van der Waals surface area contributed by atoms with E-state index in [1.54, 1.807) is 26.0 Å². The summed E-state index contributed by atoms with van der Waals surface area (Å²) in [5.74, 6) is -2.30.